The lowest BCUT2D eigenvalue weighted by Gasteiger charge is -2.34. The summed E-state index contributed by atoms with van der Waals surface area (Å²) in [6.45, 7) is 0.753. The maximum absolute atomic E-state index is 13.0. The number of benzene rings is 1. The van der Waals surface area contributed by atoms with Gasteiger partial charge in [0.15, 0.2) is 0 Å². The summed E-state index contributed by atoms with van der Waals surface area (Å²) in [6, 6.07) is 8.11. The van der Waals surface area contributed by atoms with Crippen LogP contribution in [0.1, 0.15) is 42.5 Å². The third-order valence-electron chi connectivity index (χ3n) is 4.31. The highest BCUT2D eigenvalue weighted by atomic mass is 79.9. The highest BCUT2D eigenvalue weighted by Crippen LogP contribution is 2.27. The molecule has 0 radical (unpaired) electrons. The first-order chi connectivity index (χ1) is 10.3. The van der Waals surface area contributed by atoms with Crippen LogP contribution in [0.25, 0.3) is 11.0 Å². The van der Waals surface area contributed by atoms with Gasteiger partial charge in [-0.15, -0.1) is 0 Å². The third kappa shape index (κ3) is 3.00. The van der Waals surface area contributed by atoms with Gasteiger partial charge in [-0.05, 0) is 18.9 Å². The molecule has 0 aliphatic heterocycles. The van der Waals surface area contributed by atoms with Crippen molar-refractivity contribution in [1.82, 2.24) is 4.90 Å². The summed E-state index contributed by atoms with van der Waals surface area (Å²) in [6.07, 6.45) is 7.59. The molecule has 1 saturated carbocycles. The standard InChI is InChI=1S/C17H20BrNO2/c18-10-11-19(13-6-2-1-3-7-13)17(20)15-12-21-16-9-5-4-8-14(15)16/h4-5,8-9,12-13H,1-3,6-7,10-11H2. The Bertz CT molecular complexity index is 616. The Morgan fingerprint density at radius 2 is 2.00 bits per heavy atom. The van der Waals surface area contributed by atoms with Crippen molar-refractivity contribution in [3.63, 3.8) is 0 Å². The van der Waals surface area contributed by atoms with E-state index in [1.807, 2.05) is 29.2 Å². The van der Waals surface area contributed by atoms with E-state index in [-0.39, 0.29) is 5.91 Å². The van der Waals surface area contributed by atoms with Crippen LogP contribution in [0.2, 0.25) is 0 Å². The first kappa shape index (κ1) is 14.6. The fourth-order valence-corrected chi connectivity index (χ4v) is 3.61. The molecule has 1 amide bonds. The lowest BCUT2D eigenvalue weighted by atomic mass is 9.93. The summed E-state index contributed by atoms with van der Waals surface area (Å²) in [5, 5.41) is 1.73. The Balaban J connectivity index is 1.89. The van der Waals surface area contributed by atoms with Gasteiger partial charge in [0.1, 0.15) is 11.8 Å². The van der Waals surface area contributed by atoms with E-state index in [2.05, 4.69) is 15.9 Å². The van der Waals surface area contributed by atoms with Gasteiger partial charge in [0.05, 0.1) is 5.56 Å². The van der Waals surface area contributed by atoms with Crippen LogP contribution in [0.3, 0.4) is 0 Å². The summed E-state index contributed by atoms with van der Waals surface area (Å²) in [4.78, 5) is 15.0. The van der Waals surface area contributed by atoms with E-state index in [0.29, 0.717) is 11.6 Å². The van der Waals surface area contributed by atoms with Crippen LogP contribution in [-0.2, 0) is 0 Å². The first-order valence-electron chi connectivity index (χ1n) is 7.64. The number of carbonyl (C=O) groups is 1. The summed E-state index contributed by atoms with van der Waals surface area (Å²) in [5.74, 6) is 0.103. The number of alkyl halides is 1. The summed E-state index contributed by atoms with van der Waals surface area (Å²) in [7, 11) is 0. The smallest absolute Gasteiger partial charge is 0.258 e. The minimum Gasteiger partial charge on any atom is -0.463 e. The monoisotopic (exact) mass is 349 g/mol. The van der Waals surface area contributed by atoms with Crippen LogP contribution >= 0.6 is 15.9 Å². The van der Waals surface area contributed by atoms with Crippen LogP contribution in [0.15, 0.2) is 34.9 Å². The second-order valence-corrected chi connectivity index (χ2v) is 6.42. The van der Waals surface area contributed by atoms with Crippen LogP contribution in [0.4, 0.5) is 0 Å². The zero-order chi connectivity index (χ0) is 14.7. The van der Waals surface area contributed by atoms with E-state index in [0.717, 1.165) is 35.7 Å². The molecule has 1 aromatic heterocycles. The van der Waals surface area contributed by atoms with Crippen molar-refractivity contribution in [3.8, 4) is 0 Å². The van der Waals surface area contributed by atoms with Gasteiger partial charge in [0.25, 0.3) is 5.91 Å². The van der Waals surface area contributed by atoms with Gasteiger partial charge in [-0.3, -0.25) is 4.79 Å². The summed E-state index contributed by atoms with van der Waals surface area (Å²) < 4.78 is 5.53. The van der Waals surface area contributed by atoms with Gasteiger partial charge in [-0.2, -0.15) is 0 Å². The van der Waals surface area contributed by atoms with Crippen LogP contribution in [0.5, 0.6) is 0 Å². The van der Waals surface area contributed by atoms with Crippen molar-refractivity contribution < 1.29 is 9.21 Å². The Hall–Kier alpha value is -1.29. The molecule has 21 heavy (non-hydrogen) atoms. The molecule has 112 valence electrons. The van der Waals surface area contributed by atoms with Crippen LogP contribution in [-0.4, -0.2) is 28.7 Å². The summed E-state index contributed by atoms with van der Waals surface area (Å²) >= 11 is 3.48. The lowest BCUT2D eigenvalue weighted by molar-refractivity contribution is 0.0652. The van der Waals surface area contributed by atoms with Crippen molar-refractivity contribution in [3.05, 3.63) is 36.1 Å². The van der Waals surface area contributed by atoms with Crippen molar-refractivity contribution in [1.29, 1.82) is 0 Å². The van der Waals surface area contributed by atoms with Crippen LogP contribution in [0, 0.1) is 0 Å². The second-order valence-electron chi connectivity index (χ2n) is 5.62. The Kier molecular flexibility index (Phi) is 4.63. The number of amides is 1. The largest absolute Gasteiger partial charge is 0.463 e. The fourth-order valence-electron chi connectivity index (χ4n) is 3.23. The predicted octanol–water partition coefficient (Wildman–Crippen LogP) is 4.60. The highest BCUT2D eigenvalue weighted by Gasteiger charge is 2.27. The number of furan rings is 1. The molecule has 0 saturated heterocycles. The molecule has 3 rings (SSSR count). The minimum absolute atomic E-state index is 0.103. The maximum Gasteiger partial charge on any atom is 0.258 e. The molecule has 0 atom stereocenters. The van der Waals surface area contributed by atoms with Gasteiger partial charge < -0.3 is 9.32 Å². The van der Waals surface area contributed by atoms with Gasteiger partial charge in [0, 0.05) is 23.3 Å². The molecule has 1 aliphatic rings. The molecular formula is C17H20BrNO2. The van der Waals surface area contributed by atoms with Crippen molar-refractivity contribution in [2.45, 2.75) is 38.1 Å². The van der Waals surface area contributed by atoms with E-state index in [9.17, 15) is 4.79 Å². The Morgan fingerprint density at radius 1 is 1.24 bits per heavy atom. The number of nitrogens with zero attached hydrogens (tertiary/aromatic N) is 1. The normalized spacial score (nSPS) is 16.2. The molecule has 1 heterocycles. The van der Waals surface area contributed by atoms with E-state index in [4.69, 9.17) is 4.42 Å². The molecule has 1 aliphatic carbocycles. The SMILES string of the molecule is O=C(c1coc2ccccc12)N(CCBr)C1CCCCC1. The topological polar surface area (TPSA) is 33.5 Å². The van der Waals surface area contributed by atoms with Crippen molar-refractivity contribution in [2.24, 2.45) is 0 Å². The molecule has 0 spiro atoms. The molecule has 2 aromatic rings. The molecule has 3 nitrogen and oxygen atoms in total. The lowest BCUT2D eigenvalue weighted by Crippen LogP contribution is -2.42. The number of hydrogen-bond donors (Lipinski definition) is 0. The fraction of sp³-hybridized carbons (Fsp3) is 0.471. The predicted molar refractivity (Wildman–Crippen MR) is 87.9 cm³/mol. The number of hydrogen-bond acceptors (Lipinski definition) is 2. The molecule has 4 heteroatoms. The Morgan fingerprint density at radius 3 is 2.76 bits per heavy atom. The van der Waals surface area contributed by atoms with Crippen LogP contribution < -0.4 is 0 Å². The van der Waals surface area contributed by atoms with Crippen molar-refractivity contribution >= 4 is 32.8 Å². The third-order valence-corrected chi connectivity index (χ3v) is 4.67. The van der Waals surface area contributed by atoms with Gasteiger partial charge >= 0.3 is 0 Å². The van der Waals surface area contributed by atoms with E-state index >= 15 is 0 Å². The van der Waals surface area contributed by atoms with Gasteiger partial charge in [0.2, 0.25) is 0 Å². The quantitative estimate of drug-likeness (QED) is 0.755. The number of halogens is 1. The number of para-hydroxylation sites is 1. The van der Waals surface area contributed by atoms with Gasteiger partial charge in [-0.25, -0.2) is 0 Å². The molecule has 0 unspecified atom stereocenters. The zero-order valence-electron chi connectivity index (χ0n) is 12.1. The van der Waals surface area contributed by atoms with Crippen molar-refractivity contribution in [2.75, 3.05) is 11.9 Å². The van der Waals surface area contributed by atoms with Gasteiger partial charge in [-0.1, -0.05) is 53.4 Å². The number of carbonyl (C=O) groups excluding carboxylic acids is 1. The average molecular weight is 350 g/mol. The number of rotatable bonds is 4. The zero-order valence-corrected chi connectivity index (χ0v) is 13.6. The molecule has 1 aromatic carbocycles. The minimum atomic E-state index is 0.103. The first-order valence-corrected chi connectivity index (χ1v) is 8.76. The number of fused-ring (bicyclic) bond motifs is 1. The molecule has 0 N–H and O–H groups in total. The average Bonchev–Trinajstić information content (AvgIpc) is 2.97. The molecule has 1 fully saturated rings. The Labute approximate surface area is 133 Å². The highest BCUT2D eigenvalue weighted by molar-refractivity contribution is 9.09. The molecular weight excluding hydrogens is 330 g/mol. The maximum atomic E-state index is 13.0. The second kappa shape index (κ2) is 6.65. The van der Waals surface area contributed by atoms with E-state index in [1.54, 1.807) is 6.26 Å². The van der Waals surface area contributed by atoms with E-state index < -0.39 is 0 Å². The summed E-state index contributed by atoms with van der Waals surface area (Å²) in [5.41, 5.74) is 1.47. The van der Waals surface area contributed by atoms with E-state index in [1.165, 1.54) is 19.3 Å². The molecule has 0 bridgehead atoms.